The summed E-state index contributed by atoms with van der Waals surface area (Å²) in [6, 6.07) is 12.4. The molecule has 1 N–H and O–H groups in total. The first-order chi connectivity index (χ1) is 10.2. The van der Waals surface area contributed by atoms with Gasteiger partial charge in [0.25, 0.3) is 0 Å². The standard InChI is InChI=1S/C17H19ClFNO/c1-2-10-20-11-13-6-3-4-9-17(13)21-12-14-15(18)7-5-8-16(14)19/h3-9,20H,2,10-12H2,1H3. The molecule has 0 radical (unpaired) electrons. The Labute approximate surface area is 129 Å². The van der Waals surface area contributed by atoms with Crippen LogP contribution >= 0.6 is 11.6 Å². The molecule has 0 amide bonds. The highest BCUT2D eigenvalue weighted by Crippen LogP contribution is 2.23. The van der Waals surface area contributed by atoms with Crippen molar-refractivity contribution < 1.29 is 9.13 Å². The van der Waals surface area contributed by atoms with Crippen LogP contribution in [0.25, 0.3) is 0 Å². The van der Waals surface area contributed by atoms with E-state index in [1.807, 2.05) is 24.3 Å². The number of hydrogen-bond acceptors (Lipinski definition) is 2. The van der Waals surface area contributed by atoms with Gasteiger partial charge in [0.1, 0.15) is 18.2 Å². The fraction of sp³-hybridized carbons (Fsp3) is 0.294. The highest BCUT2D eigenvalue weighted by atomic mass is 35.5. The zero-order valence-corrected chi connectivity index (χ0v) is 12.8. The van der Waals surface area contributed by atoms with Crippen LogP contribution in [0.2, 0.25) is 5.02 Å². The number of nitrogens with one attached hydrogen (secondary N) is 1. The topological polar surface area (TPSA) is 21.3 Å². The van der Waals surface area contributed by atoms with Crippen LogP contribution in [-0.2, 0) is 13.2 Å². The maximum atomic E-state index is 13.7. The molecule has 0 unspecified atom stereocenters. The zero-order chi connectivity index (χ0) is 15.1. The van der Waals surface area contributed by atoms with Gasteiger partial charge in [-0.3, -0.25) is 0 Å². The van der Waals surface area contributed by atoms with Gasteiger partial charge in [-0.2, -0.15) is 0 Å². The van der Waals surface area contributed by atoms with Crippen molar-refractivity contribution in [1.29, 1.82) is 0 Å². The second-order valence-corrected chi connectivity index (χ2v) is 5.18. The van der Waals surface area contributed by atoms with E-state index in [0.717, 1.165) is 30.8 Å². The molecule has 0 aromatic heterocycles. The van der Waals surface area contributed by atoms with E-state index in [0.29, 0.717) is 10.6 Å². The van der Waals surface area contributed by atoms with Crippen LogP contribution in [0.5, 0.6) is 5.75 Å². The molecular formula is C17H19ClFNO. The van der Waals surface area contributed by atoms with Gasteiger partial charge >= 0.3 is 0 Å². The molecule has 0 fully saturated rings. The van der Waals surface area contributed by atoms with Crippen molar-refractivity contribution in [3.63, 3.8) is 0 Å². The van der Waals surface area contributed by atoms with E-state index in [1.54, 1.807) is 12.1 Å². The molecule has 0 aliphatic heterocycles. The summed E-state index contributed by atoms with van der Waals surface area (Å²) in [6.45, 7) is 3.92. The Morgan fingerprint density at radius 2 is 1.95 bits per heavy atom. The molecule has 0 bridgehead atoms. The summed E-state index contributed by atoms with van der Waals surface area (Å²) in [5.74, 6) is 0.407. The maximum absolute atomic E-state index is 13.7. The van der Waals surface area contributed by atoms with Gasteiger partial charge in [-0.15, -0.1) is 0 Å². The third kappa shape index (κ3) is 4.45. The molecule has 2 rings (SSSR count). The summed E-state index contributed by atoms with van der Waals surface area (Å²) in [6.07, 6.45) is 1.08. The van der Waals surface area contributed by atoms with Crippen LogP contribution in [0.4, 0.5) is 4.39 Å². The van der Waals surface area contributed by atoms with Crippen molar-refractivity contribution in [1.82, 2.24) is 5.32 Å². The molecule has 2 aromatic carbocycles. The monoisotopic (exact) mass is 307 g/mol. The van der Waals surface area contributed by atoms with E-state index >= 15 is 0 Å². The molecule has 2 aromatic rings. The highest BCUT2D eigenvalue weighted by molar-refractivity contribution is 6.31. The second-order valence-electron chi connectivity index (χ2n) is 4.77. The highest BCUT2D eigenvalue weighted by Gasteiger charge is 2.09. The van der Waals surface area contributed by atoms with Gasteiger partial charge in [-0.1, -0.05) is 42.8 Å². The maximum Gasteiger partial charge on any atom is 0.131 e. The van der Waals surface area contributed by atoms with Crippen molar-refractivity contribution in [3.05, 3.63) is 64.4 Å². The Kier molecular flexibility index (Phi) is 6.03. The van der Waals surface area contributed by atoms with E-state index in [-0.39, 0.29) is 12.4 Å². The fourth-order valence-corrected chi connectivity index (χ4v) is 2.23. The molecule has 0 heterocycles. The van der Waals surface area contributed by atoms with Gasteiger partial charge in [0, 0.05) is 17.7 Å². The summed E-state index contributed by atoms with van der Waals surface area (Å²) < 4.78 is 19.5. The van der Waals surface area contributed by atoms with Crippen LogP contribution < -0.4 is 10.1 Å². The first-order valence-electron chi connectivity index (χ1n) is 7.06. The smallest absolute Gasteiger partial charge is 0.131 e. The Balaban J connectivity index is 2.06. The number of halogens is 2. The largest absolute Gasteiger partial charge is 0.488 e. The van der Waals surface area contributed by atoms with Gasteiger partial charge in [0.15, 0.2) is 0 Å². The number of hydrogen-bond donors (Lipinski definition) is 1. The number of rotatable bonds is 7. The normalized spacial score (nSPS) is 10.6. The van der Waals surface area contributed by atoms with Crippen LogP contribution in [0.1, 0.15) is 24.5 Å². The second kappa shape index (κ2) is 8.01. The molecule has 0 aliphatic rings. The predicted octanol–water partition coefficient (Wildman–Crippen LogP) is 4.56. The van der Waals surface area contributed by atoms with Gasteiger partial charge in [0.2, 0.25) is 0 Å². The van der Waals surface area contributed by atoms with Crippen molar-refractivity contribution in [2.75, 3.05) is 6.54 Å². The third-order valence-electron chi connectivity index (χ3n) is 3.15. The molecule has 0 saturated carbocycles. The molecule has 2 nitrogen and oxygen atoms in total. The molecule has 0 saturated heterocycles. The van der Waals surface area contributed by atoms with E-state index < -0.39 is 0 Å². The van der Waals surface area contributed by atoms with Gasteiger partial charge in [-0.05, 0) is 31.2 Å². The minimum atomic E-state index is -0.343. The predicted molar refractivity (Wildman–Crippen MR) is 84.2 cm³/mol. The molecule has 0 aliphatic carbocycles. The minimum absolute atomic E-state index is 0.121. The molecule has 0 atom stereocenters. The van der Waals surface area contributed by atoms with Crippen LogP contribution in [-0.4, -0.2) is 6.54 Å². The molecule has 0 spiro atoms. The van der Waals surface area contributed by atoms with Crippen LogP contribution in [0, 0.1) is 5.82 Å². The zero-order valence-electron chi connectivity index (χ0n) is 12.0. The Morgan fingerprint density at radius 3 is 2.71 bits per heavy atom. The minimum Gasteiger partial charge on any atom is -0.488 e. The fourth-order valence-electron chi connectivity index (χ4n) is 2.01. The van der Waals surface area contributed by atoms with Crippen molar-refractivity contribution >= 4 is 11.6 Å². The SMILES string of the molecule is CCCNCc1ccccc1OCc1c(F)cccc1Cl. The Bertz CT molecular complexity index is 569. The summed E-state index contributed by atoms with van der Waals surface area (Å²) in [4.78, 5) is 0. The molecular weight excluding hydrogens is 289 g/mol. The first kappa shape index (κ1) is 15.8. The first-order valence-corrected chi connectivity index (χ1v) is 7.44. The Morgan fingerprint density at radius 1 is 1.14 bits per heavy atom. The summed E-state index contributed by atoms with van der Waals surface area (Å²) in [5, 5.41) is 3.72. The summed E-state index contributed by atoms with van der Waals surface area (Å²) in [5.41, 5.74) is 1.44. The van der Waals surface area contributed by atoms with Crippen molar-refractivity contribution in [2.24, 2.45) is 0 Å². The van der Waals surface area contributed by atoms with Crippen molar-refractivity contribution in [3.8, 4) is 5.75 Å². The lowest BCUT2D eigenvalue weighted by molar-refractivity contribution is 0.296. The van der Waals surface area contributed by atoms with E-state index in [2.05, 4.69) is 12.2 Å². The van der Waals surface area contributed by atoms with Crippen molar-refractivity contribution in [2.45, 2.75) is 26.5 Å². The lowest BCUT2D eigenvalue weighted by atomic mass is 10.2. The van der Waals surface area contributed by atoms with E-state index in [4.69, 9.17) is 16.3 Å². The lowest BCUT2D eigenvalue weighted by Gasteiger charge is -2.13. The quantitative estimate of drug-likeness (QED) is 0.757. The molecule has 112 valence electrons. The lowest BCUT2D eigenvalue weighted by Crippen LogP contribution is -2.14. The average Bonchev–Trinajstić information content (AvgIpc) is 2.48. The number of benzene rings is 2. The summed E-state index contributed by atoms with van der Waals surface area (Å²) in [7, 11) is 0. The van der Waals surface area contributed by atoms with Gasteiger partial charge < -0.3 is 10.1 Å². The van der Waals surface area contributed by atoms with Gasteiger partial charge in [-0.25, -0.2) is 4.39 Å². The average molecular weight is 308 g/mol. The van der Waals surface area contributed by atoms with Gasteiger partial charge in [0.05, 0.1) is 5.02 Å². The Hall–Kier alpha value is -1.58. The number of para-hydroxylation sites is 1. The van der Waals surface area contributed by atoms with E-state index in [9.17, 15) is 4.39 Å². The van der Waals surface area contributed by atoms with E-state index in [1.165, 1.54) is 6.07 Å². The molecule has 21 heavy (non-hydrogen) atoms. The van der Waals surface area contributed by atoms with Crippen LogP contribution in [0.3, 0.4) is 0 Å². The number of ether oxygens (including phenoxy) is 1. The summed E-state index contributed by atoms with van der Waals surface area (Å²) >= 11 is 6.01. The molecule has 4 heteroatoms. The van der Waals surface area contributed by atoms with Crippen LogP contribution in [0.15, 0.2) is 42.5 Å². The third-order valence-corrected chi connectivity index (χ3v) is 3.50.